The van der Waals surface area contributed by atoms with Gasteiger partial charge in [0.2, 0.25) is 0 Å². The average Bonchev–Trinajstić information content (AvgIpc) is 2.98. The van der Waals surface area contributed by atoms with E-state index in [1.165, 1.54) is 22.0 Å². The minimum Gasteiger partial charge on any atom is -0.370 e. The predicted octanol–water partition coefficient (Wildman–Crippen LogP) is 3.87. The lowest BCUT2D eigenvalue weighted by Gasteiger charge is -2.03. The Morgan fingerprint density at radius 2 is 2.13 bits per heavy atom. The molecule has 0 saturated carbocycles. The quantitative estimate of drug-likeness (QED) is 0.756. The molecule has 1 aliphatic heterocycles. The lowest BCUT2D eigenvalue weighted by molar-refractivity contribution is 0.360. The van der Waals surface area contributed by atoms with Crippen LogP contribution in [0.4, 0.5) is 0 Å². The first-order chi connectivity index (χ1) is 7.20. The molecule has 2 atom stereocenters. The van der Waals surface area contributed by atoms with Crippen molar-refractivity contribution < 1.29 is 4.74 Å². The van der Waals surface area contributed by atoms with Crippen molar-refractivity contribution in [1.29, 1.82) is 0 Å². The number of epoxide rings is 1. The maximum absolute atomic E-state index is 5.53. The summed E-state index contributed by atoms with van der Waals surface area (Å²) in [5.41, 5.74) is 2.73. The van der Waals surface area contributed by atoms with E-state index in [4.69, 9.17) is 4.74 Å². The van der Waals surface area contributed by atoms with Crippen molar-refractivity contribution in [2.75, 3.05) is 0 Å². The Labute approximate surface area is 100.0 Å². The van der Waals surface area contributed by atoms with Crippen LogP contribution in [0.1, 0.15) is 30.9 Å². The van der Waals surface area contributed by atoms with Gasteiger partial charge in [0.1, 0.15) is 0 Å². The summed E-state index contributed by atoms with van der Waals surface area (Å²) in [6.07, 6.45) is 4.53. The van der Waals surface area contributed by atoms with Crippen LogP contribution in [0.25, 0.3) is 0 Å². The summed E-state index contributed by atoms with van der Waals surface area (Å²) < 4.78 is 6.73. The van der Waals surface area contributed by atoms with Gasteiger partial charge in [-0.05, 0) is 43.4 Å². The van der Waals surface area contributed by atoms with Gasteiger partial charge in [0, 0.05) is 4.47 Å². The third-order valence-corrected chi connectivity index (χ3v) is 3.92. The highest BCUT2D eigenvalue weighted by molar-refractivity contribution is 9.10. The van der Waals surface area contributed by atoms with E-state index in [2.05, 4.69) is 48.0 Å². The van der Waals surface area contributed by atoms with Crippen LogP contribution in [0.15, 0.2) is 22.7 Å². The van der Waals surface area contributed by atoms with E-state index in [-0.39, 0.29) is 0 Å². The molecule has 1 nitrogen and oxygen atoms in total. The van der Waals surface area contributed by atoms with Gasteiger partial charge in [-0.1, -0.05) is 35.0 Å². The van der Waals surface area contributed by atoms with Gasteiger partial charge in [0.15, 0.2) is 0 Å². The molecule has 0 N–H and O–H groups in total. The molecule has 0 bridgehead atoms. The van der Waals surface area contributed by atoms with Crippen LogP contribution in [0.3, 0.4) is 0 Å². The van der Waals surface area contributed by atoms with Gasteiger partial charge in [-0.3, -0.25) is 0 Å². The molecular formula is C13H17BrO. The first-order valence-electron chi connectivity index (χ1n) is 5.61. The third-order valence-electron chi connectivity index (χ3n) is 3.03. The molecule has 2 heteroatoms. The Morgan fingerprint density at radius 1 is 1.33 bits per heavy atom. The molecule has 0 aromatic heterocycles. The van der Waals surface area contributed by atoms with Gasteiger partial charge in [-0.25, -0.2) is 0 Å². The lowest BCUT2D eigenvalue weighted by atomic mass is 10.0. The monoisotopic (exact) mass is 268 g/mol. The molecule has 0 aliphatic carbocycles. The average molecular weight is 269 g/mol. The molecule has 1 aliphatic rings. The summed E-state index contributed by atoms with van der Waals surface area (Å²) in [6.45, 7) is 4.32. The number of benzene rings is 1. The highest BCUT2D eigenvalue weighted by atomic mass is 79.9. The molecule has 0 amide bonds. The molecule has 1 heterocycles. The first-order valence-corrected chi connectivity index (χ1v) is 6.40. The zero-order valence-corrected chi connectivity index (χ0v) is 10.9. The highest BCUT2D eigenvalue weighted by Gasteiger charge is 2.35. The fraction of sp³-hybridized carbons (Fsp3) is 0.538. The van der Waals surface area contributed by atoms with Crippen LogP contribution >= 0.6 is 15.9 Å². The fourth-order valence-electron chi connectivity index (χ4n) is 1.96. The van der Waals surface area contributed by atoms with Crippen molar-refractivity contribution in [2.24, 2.45) is 0 Å². The van der Waals surface area contributed by atoms with E-state index in [0.717, 1.165) is 12.8 Å². The van der Waals surface area contributed by atoms with Crippen molar-refractivity contribution in [3.8, 4) is 0 Å². The molecule has 1 aromatic carbocycles. The summed E-state index contributed by atoms with van der Waals surface area (Å²) in [4.78, 5) is 0. The maximum atomic E-state index is 5.53. The Hall–Kier alpha value is -0.340. The SMILES string of the molecule is CCC1OC1CCc1ccc(Br)c(C)c1. The van der Waals surface area contributed by atoms with Crippen molar-refractivity contribution in [3.63, 3.8) is 0 Å². The molecule has 15 heavy (non-hydrogen) atoms. The number of hydrogen-bond donors (Lipinski definition) is 0. The van der Waals surface area contributed by atoms with E-state index >= 15 is 0 Å². The molecule has 2 rings (SSSR count). The number of halogens is 1. The zero-order valence-electron chi connectivity index (χ0n) is 9.29. The molecule has 1 fully saturated rings. The second kappa shape index (κ2) is 4.67. The van der Waals surface area contributed by atoms with E-state index in [1.807, 2.05) is 0 Å². The van der Waals surface area contributed by atoms with Gasteiger partial charge in [0.05, 0.1) is 12.2 Å². The van der Waals surface area contributed by atoms with Crippen LogP contribution < -0.4 is 0 Å². The number of ether oxygens (including phenoxy) is 1. The van der Waals surface area contributed by atoms with Gasteiger partial charge < -0.3 is 4.74 Å². The summed E-state index contributed by atoms with van der Waals surface area (Å²) in [5.74, 6) is 0. The van der Waals surface area contributed by atoms with Crippen molar-refractivity contribution in [3.05, 3.63) is 33.8 Å². The minimum absolute atomic E-state index is 0.527. The van der Waals surface area contributed by atoms with Crippen LogP contribution in [0, 0.1) is 6.92 Å². The van der Waals surface area contributed by atoms with Crippen molar-refractivity contribution in [2.45, 2.75) is 45.3 Å². The topological polar surface area (TPSA) is 12.5 Å². The molecule has 1 saturated heterocycles. The predicted molar refractivity (Wildman–Crippen MR) is 66.2 cm³/mol. The van der Waals surface area contributed by atoms with Gasteiger partial charge >= 0.3 is 0 Å². The second-order valence-electron chi connectivity index (χ2n) is 4.24. The highest BCUT2D eigenvalue weighted by Crippen LogP contribution is 2.29. The van der Waals surface area contributed by atoms with Crippen LogP contribution in [-0.4, -0.2) is 12.2 Å². The lowest BCUT2D eigenvalue weighted by Crippen LogP contribution is -1.96. The number of aryl methyl sites for hydroxylation is 2. The summed E-state index contributed by atoms with van der Waals surface area (Å²) >= 11 is 3.52. The molecule has 0 spiro atoms. The van der Waals surface area contributed by atoms with E-state index < -0.39 is 0 Å². The van der Waals surface area contributed by atoms with Crippen LogP contribution in [0.5, 0.6) is 0 Å². The van der Waals surface area contributed by atoms with Crippen LogP contribution in [-0.2, 0) is 11.2 Å². The summed E-state index contributed by atoms with van der Waals surface area (Å²) in [6, 6.07) is 6.59. The maximum Gasteiger partial charge on any atom is 0.0845 e. The summed E-state index contributed by atoms with van der Waals surface area (Å²) in [5, 5.41) is 0. The normalized spacial score (nSPS) is 24.2. The fourth-order valence-corrected chi connectivity index (χ4v) is 2.21. The number of hydrogen-bond acceptors (Lipinski definition) is 1. The van der Waals surface area contributed by atoms with Gasteiger partial charge in [0.25, 0.3) is 0 Å². The van der Waals surface area contributed by atoms with Crippen LogP contribution in [0.2, 0.25) is 0 Å². The Bertz CT molecular complexity index is 348. The molecule has 82 valence electrons. The zero-order chi connectivity index (χ0) is 10.8. The van der Waals surface area contributed by atoms with E-state index in [0.29, 0.717) is 12.2 Å². The van der Waals surface area contributed by atoms with E-state index in [1.54, 1.807) is 0 Å². The van der Waals surface area contributed by atoms with Gasteiger partial charge in [-0.2, -0.15) is 0 Å². The second-order valence-corrected chi connectivity index (χ2v) is 5.10. The summed E-state index contributed by atoms with van der Waals surface area (Å²) in [7, 11) is 0. The molecule has 0 radical (unpaired) electrons. The minimum atomic E-state index is 0.527. The molecular weight excluding hydrogens is 252 g/mol. The van der Waals surface area contributed by atoms with Crippen molar-refractivity contribution >= 4 is 15.9 Å². The Balaban J connectivity index is 1.86. The standard InChI is InChI=1S/C13H17BrO/c1-3-12-13(15-12)7-5-10-4-6-11(14)9(2)8-10/h4,6,8,12-13H,3,5,7H2,1-2H3. The first kappa shape index (κ1) is 11.2. The Kier molecular flexibility index (Phi) is 3.47. The smallest absolute Gasteiger partial charge is 0.0845 e. The number of rotatable bonds is 4. The molecule has 1 aromatic rings. The van der Waals surface area contributed by atoms with Gasteiger partial charge in [-0.15, -0.1) is 0 Å². The largest absolute Gasteiger partial charge is 0.370 e. The third kappa shape index (κ3) is 2.82. The Morgan fingerprint density at radius 3 is 2.73 bits per heavy atom. The van der Waals surface area contributed by atoms with Crippen molar-refractivity contribution in [1.82, 2.24) is 0 Å². The van der Waals surface area contributed by atoms with E-state index in [9.17, 15) is 0 Å². The molecule has 2 unspecified atom stereocenters.